The summed E-state index contributed by atoms with van der Waals surface area (Å²) in [5.41, 5.74) is 2.40. The number of hydrogen-bond donors (Lipinski definition) is 1. The molecule has 2 amide bonds. The fraction of sp³-hybridized carbons (Fsp3) is 0.565. The maximum atomic E-state index is 12.9. The molecule has 6 nitrogen and oxygen atoms in total. The van der Waals surface area contributed by atoms with Gasteiger partial charge in [-0.05, 0) is 50.3 Å². The number of nitrogens with zero attached hydrogens (tertiary/aromatic N) is 1. The van der Waals surface area contributed by atoms with Crippen LogP contribution in [0.3, 0.4) is 0 Å². The van der Waals surface area contributed by atoms with Gasteiger partial charge < -0.3 is 4.90 Å². The summed E-state index contributed by atoms with van der Waals surface area (Å²) in [6.07, 6.45) is 3.90. The second kappa shape index (κ2) is 7.39. The lowest BCUT2D eigenvalue weighted by atomic mass is 9.75. The van der Waals surface area contributed by atoms with Crippen LogP contribution in [-0.4, -0.2) is 36.5 Å². The number of rotatable bonds is 6. The Morgan fingerprint density at radius 1 is 1.00 bits per heavy atom. The Balaban J connectivity index is 1.43. The number of hydrogen-bond acceptors (Lipinski definition) is 5. The van der Waals surface area contributed by atoms with Crippen molar-refractivity contribution in [1.82, 2.24) is 5.32 Å². The van der Waals surface area contributed by atoms with Gasteiger partial charge in [-0.25, -0.2) is 0 Å². The molecule has 3 aliphatic rings. The van der Waals surface area contributed by atoms with E-state index in [-0.39, 0.29) is 29.3 Å². The van der Waals surface area contributed by atoms with Crippen LogP contribution in [0.25, 0.3) is 0 Å². The largest absolute Gasteiger partial charge is 0.370 e. The van der Waals surface area contributed by atoms with E-state index in [1.54, 1.807) is 6.07 Å². The Hall–Kier alpha value is -2.50. The number of fused-ring (bicyclic) bond motifs is 1. The lowest BCUT2D eigenvalue weighted by Gasteiger charge is -2.51. The lowest BCUT2D eigenvalue weighted by Crippen LogP contribution is -2.55. The van der Waals surface area contributed by atoms with Crippen molar-refractivity contribution >= 4 is 29.1 Å². The van der Waals surface area contributed by atoms with Crippen LogP contribution >= 0.6 is 0 Å². The first-order chi connectivity index (χ1) is 13.9. The van der Waals surface area contributed by atoms with Crippen LogP contribution < -0.4 is 10.2 Å². The molecular formula is C23H28N2O4. The lowest BCUT2D eigenvalue weighted by molar-refractivity contribution is -0.136. The average Bonchev–Trinajstić information content (AvgIpc) is 2.91. The molecule has 1 N–H and O–H groups in total. The Kier molecular flexibility index (Phi) is 5.05. The van der Waals surface area contributed by atoms with E-state index in [9.17, 15) is 19.2 Å². The van der Waals surface area contributed by atoms with Gasteiger partial charge >= 0.3 is 0 Å². The summed E-state index contributed by atoms with van der Waals surface area (Å²) in [5, 5.41) is 2.34. The first-order valence-electron chi connectivity index (χ1n) is 10.7. The van der Waals surface area contributed by atoms with Crippen LogP contribution in [0.5, 0.6) is 0 Å². The van der Waals surface area contributed by atoms with Crippen LogP contribution in [0.1, 0.15) is 73.1 Å². The average molecular weight is 396 g/mol. The Morgan fingerprint density at radius 2 is 1.69 bits per heavy atom. The van der Waals surface area contributed by atoms with Crippen molar-refractivity contribution in [2.24, 2.45) is 17.3 Å². The molecule has 0 radical (unpaired) electrons. The van der Waals surface area contributed by atoms with Gasteiger partial charge in [-0.15, -0.1) is 0 Å². The van der Waals surface area contributed by atoms with Gasteiger partial charge in [0.25, 0.3) is 0 Å². The van der Waals surface area contributed by atoms with Crippen molar-refractivity contribution in [3.05, 3.63) is 29.3 Å². The molecule has 1 aromatic carbocycles. The highest BCUT2D eigenvalue weighted by Gasteiger charge is 2.42. The number of nitrogens with one attached hydrogen (secondary N) is 1. The normalized spacial score (nSPS) is 25.7. The van der Waals surface area contributed by atoms with Gasteiger partial charge in [0.2, 0.25) is 11.8 Å². The topological polar surface area (TPSA) is 83.6 Å². The van der Waals surface area contributed by atoms with Gasteiger partial charge in [0, 0.05) is 47.7 Å². The third kappa shape index (κ3) is 3.38. The summed E-state index contributed by atoms with van der Waals surface area (Å²) in [6.45, 7) is 6.41. The zero-order valence-corrected chi connectivity index (χ0v) is 17.1. The van der Waals surface area contributed by atoms with E-state index in [1.807, 2.05) is 12.1 Å². The number of carbonyl (C=O) groups excluding carboxylic acids is 4. The van der Waals surface area contributed by atoms with Crippen LogP contribution in [0.15, 0.2) is 18.2 Å². The highest BCUT2D eigenvalue weighted by atomic mass is 16.2. The number of imide groups is 1. The maximum absolute atomic E-state index is 12.9. The van der Waals surface area contributed by atoms with Gasteiger partial charge in [-0.3, -0.25) is 24.5 Å². The fourth-order valence-corrected chi connectivity index (χ4v) is 4.93. The monoisotopic (exact) mass is 396 g/mol. The SMILES string of the molecule is CCC1(CC)CN(c2ccc3c(c2)C(=O)C(CCC2CCC(=O)NC2=O)C3=O)C1. The molecule has 0 saturated carbocycles. The quantitative estimate of drug-likeness (QED) is 0.590. The number of benzene rings is 1. The Bertz CT molecular complexity index is 879. The molecule has 154 valence electrons. The number of anilines is 1. The van der Waals surface area contributed by atoms with E-state index in [1.165, 1.54) is 0 Å². The third-order valence-electron chi connectivity index (χ3n) is 7.24. The second-order valence-electron chi connectivity index (χ2n) is 8.80. The zero-order valence-electron chi connectivity index (χ0n) is 17.1. The Labute approximate surface area is 171 Å². The van der Waals surface area contributed by atoms with Crippen molar-refractivity contribution in [2.75, 3.05) is 18.0 Å². The molecule has 2 aliphatic heterocycles. The predicted octanol–water partition coefficient (Wildman–Crippen LogP) is 3.14. The molecule has 4 rings (SSSR count). The van der Waals surface area contributed by atoms with E-state index in [2.05, 4.69) is 24.1 Å². The van der Waals surface area contributed by atoms with Gasteiger partial charge in [0.1, 0.15) is 0 Å². The maximum Gasteiger partial charge on any atom is 0.229 e. The van der Waals surface area contributed by atoms with Crippen molar-refractivity contribution < 1.29 is 19.2 Å². The Morgan fingerprint density at radius 3 is 2.34 bits per heavy atom. The summed E-state index contributed by atoms with van der Waals surface area (Å²) < 4.78 is 0. The highest BCUT2D eigenvalue weighted by Crippen LogP contribution is 2.41. The smallest absolute Gasteiger partial charge is 0.229 e. The van der Waals surface area contributed by atoms with Gasteiger partial charge in [-0.1, -0.05) is 13.8 Å². The molecule has 2 fully saturated rings. The summed E-state index contributed by atoms with van der Waals surface area (Å²) in [5.74, 6) is -1.80. The molecule has 1 aromatic rings. The molecule has 0 spiro atoms. The van der Waals surface area contributed by atoms with Gasteiger partial charge in [0.15, 0.2) is 11.6 Å². The van der Waals surface area contributed by atoms with Crippen LogP contribution in [0.2, 0.25) is 0 Å². The van der Waals surface area contributed by atoms with Crippen molar-refractivity contribution in [3.63, 3.8) is 0 Å². The number of carbonyl (C=O) groups is 4. The standard InChI is InChI=1S/C23H28N2O4/c1-3-23(4-2)12-25(13-23)15-7-9-16-18(11-15)21(28)17(20(16)27)8-5-14-6-10-19(26)24-22(14)29/h7,9,11,14,17H,3-6,8,10,12-13H2,1-2H3,(H,24,26,29). The molecule has 2 unspecified atom stereocenters. The summed E-state index contributed by atoms with van der Waals surface area (Å²) in [7, 11) is 0. The van der Waals surface area contributed by atoms with Crippen molar-refractivity contribution in [1.29, 1.82) is 0 Å². The van der Waals surface area contributed by atoms with Crippen LogP contribution in [0.4, 0.5) is 5.69 Å². The molecule has 2 atom stereocenters. The van der Waals surface area contributed by atoms with Crippen molar-refractivity contribution in [2.45, 2.75) is 52.4 Å². The minimum Gasteiger partial charge on any atom is -0.370 e. The summed E-state index contributed by atoms with van der Waals surface area (Å²) >= 11 is 0. The number of ketones is 2. The minimum atomic E-state index is -0.701. The number of amides is 2. The van der Waals surface area contributed by atoms with Gasteiger partial charge in [-0.2, -0.15) is 0 Å². The van der Waals surface area contributed by atoms with E-state index in [4.69, 9.17) is 0 Å². The van der Waals surface area contributed by atoms with Crippen LogP contribution in [-0.2, 0) is 9.59 Å². The third-order valence-corrected chi connectivity index (χ3v) is 7.24. The molecule has 1 aliphatic carbocycles. The van der Waals surface area contributed by atoms with E-state index < -0.39 is 5.92 Å². The molecular weight excluding hydrogens is 368 g/mol. The van der Waals surface area contributed by atoms with E-state index in [0.717, 1.165) is 31.6 Å². The van der Waals surface area contributed by atoms with E-state index >= 15 is 0 Å². The highest BCUT2D eigenvalue weighted by molar-refractivity contribution is 6.26. The molecule has 2 saturated heterocycles. The summed E-state index contributed by atoms with van der Waals surface area (Å²) in [6, 6.07) is 5.60. The van der Waals surface area contributed by atoms with E-state index in [0.29, 0.717) is 42.2 Å². The zero-order chi connectivity index (χ0) is 20.8. The second-order valence-corrected chi connectivity index (χ2v) is 8.80. The van der Waals surface area contributed by atoms with Gasteiger partial charge in [0.05, 0.1) is 5.92 Å². The first kappa shape index (κ1) is 19.8. The minimum absolute atomic E-state index is 0.128. The van der Waals surface area contributed by atoms with Crippen LogP contribution in [0, 0.1) is 17.3 Å². The first-order valence-corrected chi connectivity index (χ1v) is 10.7. The molecule has 29 heavy (non-hydrogen) atoms. The molecule has 0 aromatic heterocycles. The molecule has 6 heteroatoms. The molecule has 0 bridgehead atoms. The molecule has 2 heterocycles. The number of piperidine rings is 1. The fourth-order valence-electron chi connectivity index (χ4n) is 4.93. The summed E-state index contributed by atoms with van der Waals surface area (Å²) in [4.78, 5) is 51.2. The predicted molar refractivity (Wildman–Crippen MR) is 109 cm³/mol. The number of Topliss-reactive ketones (excluding diaryl/α,β-unsaturated/α-hetero) is 2. The van der Waals surface area contributed by atoms with Crippen molar-refractivity contribution in [3.8, 4) is 0 Å².